The average molecular weight is 412 g/mol. The van der Waals surface area contributed by atoms with Gasteiger partial charge in [0, 0.05) is 5.92 Å². The summed E-state index contributed by atoms with van der Waals surface area (Å²) in [6.07, 6.45) is 0.609. The number of fused-ring (bicyclic) bond motifs is 1. The Kier molecular flexibility index (Phi) is 7.47. The van der Waals surface area contributed by atoms with Gasteiger partial charge in [-0.25, -0.2) is 0 Å². The first-order valence-corrected chi connectivity index (χ1v) is 10.3. The molecule has 0 spiro atoms. The normalized spacial score (nSPS) is 43.0. The Bertz CT molecular complexity index is 643. The third-order valence-electron chi connectivity index (χ3n) is 6.20. The van der Waals surface area contributed by atoms with Crippen LogP contribution in [0, 0.1) is 11.8 Å². The summed E-state index contributed by atoms with van der Waals surface area (Å²) in [6.45, 7) is 3.60. The summed E-state index contributed by atoms with van der Waals surface area (Å²) < 4.78 is 16.7. The topological polar surface area (TPSA) is 126 Å². The van der Waals surface area contributed by atoms with Gasteiger partial charge < -0.3 is 34.6 Å². The quantitative estimate of drug-likeness (QED) is 0.387. The fourth-order valence-corrected chi connectivity index (χ4v) is 4.19. The summed E-state index contributed by atoms with van der Waals surface area (Å²) in [5.74, 6) is -0.242. The number of aliphatic hydroxyl groups excluding tert-OH is 4. The number of hydrogen-bond acceptors (Lipinski definition) is 8. The highest BCUT2D eigenvalue weighted by Gasteiger charge is 2.44. The third kappa shape index (κ3) is 5.07. The van der Waals surface area contributed by atoms with E-state index in [0.29, 0.717) is 6.42 Å². The SMILES string of the molecule is CC1=CCC/C(CO[C@@H]2O[C@H](CO)[C@@H](O)[C@H](O)[C@H]2O)=C/[C@H]2OC(=O)[C@@H](C)[C@@H]2CC1. The Hall–Kier alpha value is -1.29. The molecule has 0 aromatic carbocycles. The van der Waals surface area contributed by atoms with Crippen molar-refractivity contribution in [3.8, 4) is 0 Å². The lowest BCUT2D eigenvalue weighted by atomic mass is 9.84. The first kappa shape index (κ1) is 22.4. The molecule has 2 heterocycles. The van der Waals surface area contributed by atoms with E-state index in [4.69, 9.17) is 14.2 Å². The minimum Gasteiger partial charge on any atom is -0.458 e. The number of hydrogen-bond donors (Lipinski definition) is 4. The van der Waals surface area contributed by atoms with E-state index in [9.17, 15) is 25.2 Å². The van der Waals surface area contributed by atoms with Gasteiger partial charge in [0.2, 0.25) is 0 Å². The number of aliphatic hydroxyl groups is 4. The van der Waals surface area contributed by atoms with E-state index < -0.39 is 37.3 Å². The van der Waals surface area contributed by atoms with Crippen LogP contribution in [0.5, 0.6) is 0 Å². The zero-order valence-electron chi connectivity index (χ0n) is 16.9. The number of rotatable bonds is 4. The van der Waals surface area contributed by atoms with Crippen molar-refractivity contribution in [3.63, 3.8) is 0 Å². The zero-order chi connectivity index (χ0) is 21.1. The van der Waals surface area contributed by atoms with Crippen LogP contribution in [-0.4, -0.2) is 76.4 Å². The molecule has 4 N–H and O–H groups in total. The molecule has 0 aromatic heterocycles. The van der Waals surface area contributed by atoms with Crippen LogP contribution in [-0.2, 0) is 19.0 Å². The molecule has 0 radical (unpaired) electrons. The fraction of sp³-hybridized carbons (Fsp3) is 0.762. The van der Waals surface area contributed by atoms with Crippen LogP contribution in [0.3, 0.4) is 0 Å². The van der Waals surface area contributed by atoms with Crippen molar-refractivity contribution >= 4 is 5.97 Å². The van der Waals surface area contributed by atoms with Crippen LogP contribution >= 0.6 is 0 Å². The van der Waals surface area contributed by atoms with Crippen LogP contribution in [0.4, 0.5) is 0 Å². The van der Waals surface area contributed by atoms with Gasteiger partial charge in [-0.3, -0.25) is 4.79 Å². The molecule has 164 valence electrons. The van der Waals surface area contributed by atoms with E-state index in [1.807, 2.05) is 13.0 Å². The molecule has 29 heavy (non-hydrogen) atoms. The summed E-state index contributed by atoms with van der Waals surface area (Å²) in [5.41, 5.74) is 2.19. The third-order valence-corrected chi connectivity index (χ3v) is 6.20. The average Bonchev–Trinajstić information content (AvgIpc) is 2.96. The largest absolute Gasteiger partial charge is 0.458 e. The van der Waals surface area contributed by atoms with Gasteiger partial charge in [0.15, 0.2) is 6.29 Å². The molecule has 2 saturated heterocycles. The molecule has 8 nitrogen and oxygen atoms in total. The van der Waals surface area contributed by atoms with Crippen LogP contribution in [0.25, 0.3) is 0 Å². The summed E-state index contributed by atoms with van der Waals surface area (Å²) in [5, 5.41) is 39.2. The highest BCUT2D eigenvalue weighted by molar-refractivity contribution is 5.75. The molecule has 3 aliphatic rings. The monoisotopic (exact) mass is 412 g/mol. The van der Waals surface area contributed by atoms with Gasteiger partial charge >= 0.3 is 5.97 Å². The zero-order valence-corrected chi connectivity index (χ0v) is 16.9. The molecular formula is C21H32O8. The Labute approximate surface area is 170 Å². The lowest BCUT2D eigenvalue weighted by molar-refractivity contribution is -0.299. The Morgan fingerprint density at radius 2 is 1.93 bits per heavy atom. The van der Waals surface area contributed by atoms with Crippen molar-refractivity contribution in [2.45, 2.75) is 76.3 Å². The molecule has 3 rings (SSSR count). The van der Waals surface area contributed by atoms with Gasteiger partial charge in [0.25, 0.3) is 0 Å². The first-order chi connectivity index (χ1) is 13.8. The van der Waals surface area contributed by atoms with Crippen molar-refractivity contribution in [1.29, 1.82) is 0 Å². The second-order valence-electron chi connectivity index (χ2n) is 8.32. The lowest BCUT2D eigenvalue weighted by Gasteiger charge is -2.39. The predicted octanol–water partition coefficient (Wildman–Crippen LogP) is 0.427. The minimum absolute atomic E-state index is 0.103. The molecule has 1 aliphatic carbocycles. The molecule has 2 fully saturated rings. The standard InChI is InChI=1S/C21H32O8/c1-11-4-3-5-13(8-15-14(7-6-11)12(2)20(26)28-15)10-27-21-19(25)18(24)17(23)16(9-22)29-21/h4,8,12,14-19,21-25H,3,5-7,9-10H2,1-2H3/b11-4?,13-8-/t12-,14-,15+,16+,17+,18-,19+,21+/m0/s1. The fourth-order valence-electron chi connectivity index (χ4n) is 4.19. The van der Waals surface area contributed by atoms with Crippen LogP contribution in [0.2, 0.25) is 0 Å². The van der Waals surface area contributed by atoms with Crippen molar-refractivity contribution in [2.24, 2.45) is 11.8 Å². The second-order valence-corrected chi connectivity index (χ2v) is 8.32. The Morgan fingerprint density at radius 3 is 2.66 bits per heavy atom. The van der Waals surface area contributed by atoms with Gasteiger partial charge in [-0.05, 0) is 44.3 Å². The molecule has 0 amide bonds. The number of allylic oxidation sites excluding steroid dienone is 2. The molecular weight excluding hydrogens is 380 g/mol. The maximum atomic E-state index is 12.1. The molecule has 8 atom stereocenters. The van der Waals surface area contributed by atoms with Gasteiger partial charge in [-0.15, -0.1) is 0 Å². The highest BCUT2D eigenvalue weighted by Crippen LogP contribution is 2.35. The molecule has 8 heteroatoms. The van der Waals surface area contributed by atoms with E-state index in [1.165, 1.54) is 5.57 Å². The second kappa shape index (κ2) is 9.68. The van der Waals surface area contributed by atoms with E-state index in [1.54, 1.807) is 0 Å². The smallest absolute Gasteiger partial charge is 0.309 e. The lowest BCUT2D eigenvalue weighted by Crippen LogP contribution is -2.59. The van der Waals surface area contributed by atoms with E-state index in [-0.39, 0.29) is 30.5 Å². The van der Waals surface area contributed by atoms with Crippen molar-refractivity contribution in [1.82, 2.24) is 0 Å². The number of esters is 1. The van der Waals surface area contributed by atoms with Crippen LogP contribution < -0.4 is 0 Å². The number of carbonyl (C=O) groups excluding carboxylic acids is 1. The molecule has 2 aliphatic heterocycles. The van der Waals surface area contributed by atoms with Crippen molar-refractivity contribution < 1.29 is 39.4 Å². The summed E-state index contributed by atoms with van der Waals surface area (Å²) in [4.78, 5) is 12.1. The van der Waals surface area contributed by atoms with E-state index in [0.717, 1.165) is 24.8 Å². The van der Waals surface area contributed by atoms with E-state index in [2.05, 4.69) is 13.0 Å². The van der Waals surface area contributed by atoms with Gasteiger partial charge in [0.1, 0.15) is 30.5 Å². The Morgan fingerprint density at radius 1 is 1.17 bits per heavy atom. The number of carbonyl (C=O) groups is 1. The van der Waals surface area contributed by atoms with Crippen LogP contribution in [0.15, 0.2) is 23.3 Å². The molecule has 0 unspecified atom stereocenters. The Balaban J connectivity index is 1.71. The van der Waals surface area contributed by atoms with Crippen molar-refractivity contribution in [3.05, 3.63) is 23.3 Å². The van der Waals surface area contributed by atoms with Gasteiger partial charge in [-0.1, -0.05) is 18.6 Å². The van der Waals surface area contributed by atoms with Gasteiger partial charge in [-0.2, -0.15) is 0 Å². The number of ether oxygens (including phenoxy) is 3. The van der Waals surface area contributed by atoms with E-state index >= 15 is 0 Å². The predicted molar refractivity (Wildman–Crippen MR) is 103 cm³/mol. The molecule has 0 saturated carbocycles. The summed E-state index contributed by atoms with van der Waals surface area (Å²) in [7, 11) is 0. The maximum absolute atomic E-state index is 12.1. The summed E-state index contributed by atoms with van der Waals surface area (Å²) >= 11 is 0. The minimum atomic E-state index is -1.48. The molecule has 0 aromatic rings. The highest BCUT2D eigenvalue weighted by atomic mass is 16.7. The van der Waals surface area contributed by atoms with Crippen molar-refractivity contribution in [2.75, 3.05) is 13.2 Å². The first-order valence-electron chi connectivity index (χ1n) is 10.3. The summed E-state index contributed by atoms with van der Waals surface area (Å²) in [6, 6.07) is 0. The molecule has 0 bridgehead atoms. The van der Waals surface area contributed by atoms with Crippen LogP contribution in [0.1, 0.15) is 39.5 Å². The van der Waals surface area contributed by atoms with Gasteiger partial charge in [0.05, 0.1) is 19.1 Å². The maximum Gasteiger partial charge on any atom is 0.309 e.